The quantitative estimate of drug-likeness (QED) is 0.679. The number of hydrogen-bond donors (Lipinski definition) is 0. The zero-order valence-electron chi connectivity index (χ0n) is 8.34. The molecule has 0 bridgehead atoms. The standard InChI is InChI=1S/C9H19N.FH.V/c1-4-9(3)7-6-8-10(9)5-2;;/h4-8H2,1-3H3;1H;/t9-;;/m0../s1. The fraction of sp³-hybridized carbons (Fsp3) is 1.00. The first kappa shape index (κ1) is 15.0. The van der Waals surface area contributed by atoms with Gasteiger partial charge < -0.3 is 0 Å². The number of halogens is 1. The molecular formula is C9H20FNV. The molecule has 1 radical (unpaired) electrons. The Morgan fingerprint density at radius 2 is 1.92 bits per heavy atom. The molecule has 0 aromatic rings. The Kier molecular flexibility index (Phi) is 7.50. The SMILES string of the molecule is CCN1CCC[C@]1(C)CC.F.[V]. The molecule has 1 aliphatic heterocycles. The van der Waals surface area contributed by atoms with E-state index in [4.69, 9.17) is 0 Å². The van der Waals surface area contributed by atoms with Gasteiger partial charge in [-0.25, -0.2) is 0 Å². The van der Waals surface area contributed by atoms with E-state index in [0.29, 0.717) is 5.54 Å². The van der Waals surface area contributed by atoms with Gasteiger partial charge in [0.2, 0.25) is 0 Å². The van der Waals surface area contributed by atoms with Crippen molar-refractivity contribution in [3.8, 4) is 0 Å². The van der Waals surface area contributed by atoms with Gasteiger partial charge in [-0.3, -0.25) is 9.60 Å². The van der Waals surface area contributed by atoms with E-state index in [9.17, 15) is 0 Å². The Morgan fingerprint density at radius 1 is 1.33 bits per heavy atom. The van der Waals surface area contributed by atoms with Gasteiger partial charge in [-0.1, -0.05) is 13.8 Å². The third kappa shape index (κ3) is 2.75. The Labute approximate surface area is 87.1 Å². The van der Waals surface area contributed by atoms with Crippen molar-refractivity contribution in [2.24, 2.45) is 0 Å². The van der Waals surface area contributed by atoms with Crippen LogP contribution in [0.25, 0.3) is 0 Å². The maximum atomic E-state index is 2.60. The predicted molar refractivity (Wildman–Crippen MR) is 47.7 cm³/mol. The molecule has 0 aromatic heterocycles. The van der Waals surface area contributed by atoms with Crippen molar-refractivity contribution in [3.05, 3.63) is 0 Å². The molecule has 0 unspecified atom stereocenters. The number of nitrogens with zero attached hydrogens (tertiary/aromatic N) is 1. The smallest absolute Gasteiger partial charge is 0.0179 e. The minimum atomic E-state index is 0. The Hall–Kier alpha value is 0.474. The van der Waals surface area contributed by atoms with Crippen molar-refractivity contribution in [2.75, 3.05) is 13.1 Å². The molecule has 0 aliphatic carbocycles. The Balaban J connectivity index is 0. The van der Waals surface area contributed by atoms with Crippen LogP contribution in [-0.2, 0) is 18.6 Å². The number of rotatable bonds is 2. The molecule has 3 heteroatoms. The molecule has 1 saturated heterocycles. The summed E-state index contributed by atoms with van der Waals surface area (Å²) in [7, 11) is 0. The summed E-state index contributed by atoms with van der Waals surface area (Å²) in [5, 5.41) is 0. The summed E-state index contributed by atoms with van der Waals surface area (Å²) in [6.07, 6.45) is 4.11. The largest absolute Gasteiger partial charge is 0.298 e. The van der Waals surface area contributed by atoms with Crippen LogP contribution in [0, 0.1) is 0 Å². The molecule has 0 amide bonds. The number of hydrogen-bond acceptors (Lipinski definition) is 1. The fourth-order valence-electron chi connectivity index (χ4n) is 2.02. The van der Waals surface area contributed by atoms with Crippen molar-refractivity contribution in [1.82, 2.24) is 4.90 Å². The minimum absolute atomic E-state index is 0. The van der Waals surface area contributed by atoms with Gasteiger partial charge in [0.25, 0.3) is 0 Å². The second-order valence-electron chi connectivity index (χ2n) is 3.53. The average molecular weight is 212 g/mol. The van der Waals surface area contributed by atoms with Gasteiger partial charge in [0, 0.05) is 24.1 Å². The van der Waals surface area contributed by atoms with Crippen LogP contribution in [0.2, 0.25) is 0 Å². The Bertz CT molecular complexity index is 121. The van der Waals surface area contributed by atoms with E-state index in [0.717, 1.165) is 0 Å². The van der Waals surface area contributed by atoms with Crippen LogP contribution in [-0.4, -0.2) is 23.5 Å². The maximum Gasteiger partial charge on any atom is 0.0179 e. The van der Waals surface area contributed by atoms with Gasteiger partial charge in [0.05, 0.1) is 0 Å². The molecule has 1 aliphatic rings. The van der Waals surface area contributed by atoms with E-state index >= 15 is 0 Å². The second-order valence-corrected chi connectivity index (χ2v) is 3.53. The van der Waals surface area contributed by atoms with Gasteiger partial charge in [-0.2, -0.15) is 0 Å². The molecule has 0 N–H and O–H groups in total. The van der Waals surface area contributed by atoms with Crippen LogP contribution >= 0.6 is 0 Å². The van der Waals surface area contributed by atoms with Crippen LogP contribution < -0.4 is 0 Å². The van der Waals surface area contributed by atoms with E-state index < -0.39 is 0 Å². The van der Waals surface area contributed by atoms with Crippen molar-refractivity contribution in [1.29, 1.82) is 0 Å². The zero-order chi connectivity index (χ0) is 7.61. The van der Waals surface area contributed by atoms with Crippen LogP contribution in [0.5, 0.6) is 0 Å². The molecule has 1 nitrogen and oxygen atoms in total. The molecule has 1 atom stereocenters. The van der Waals surface area contributed by atoms with E-state index in [1.54, 1.807) is 0 Å². The monoisotopic (exact) mass is 212 g/mol. The third-order valence-corrected chi connectivity index (χ3v) is 3.05. The van der Waals surface area contributed by atoms with Gasteiger partial charge in [-0.15, -0.1) is 0 Å². The molecule has 12 heavy (non-hydrogen) atoms. The van der Waals surface area contributed by atoms with Crippen molar-refractivity contribution >= 4 is 0 Å². The molecule has 1 fully saturated rings. The van der Waals surface area contributed by atoms with E-state index in [2.05, 4.69) is 25.7 Å². The molecule has 0 spiro atoms. The van der Waals surface area contributed by atoms with Crippen molar-refractivity contribution in [2.45, 2.75) is 45.6 Å². The van der Waals surface area contributed by atoms with Gasteiger partial charge in [0.15, 0.2) is 0 Å². The molecule has 0 saturated carbocycles. The summed E-state index contributed by atoms with van der Waals surface area (Å²) in [6, 6.07) is 0. The first-order valence-corrected chi connectivity index (χ1v) is 4.48. The molecule has 1 heterocycles. The second kappa shape index (κ2) is 6.01. The topological polar surface area (TPSA) is 3.24 Å². The van der Waals surface area contributed by atoms with E-state index in [1.165, 1.54) is 32.4 Å². The predicted octanol–water partition coefficient (Wildman–Crippen LogP) is 2.42. The fourth-order valence-corrected chi connectivity index (χ4v) is 2.02. The van der Waals surface area contributed by atoms with Crippen LogP contribution in [0.4, 0.5) is 4.70 Å². The molecule has 1 rings (SSSR count). The zero-order valence-corrected chi connectivity index (χ0v) is 9.73. The van der Waals surface area contributed by atoms with Crippen molar-refractivity contribution in [3.63, 3.8) is 0 Å². The molecular weight excluding hydrogens is 192 g/mol. The van der Waals surface area contributed by atoms with Crippen LogP contribution in [0.1, 0.15) is 40.0 Å². The molecule has 0 aromatic carbocycles. The summed E-state index contributed by atoms with van der Waals surface area (Å²) in [6.45, 7) is 9.50. The number of likely N-dealkylation sites (tertiary alicyclic amines) is 1. The third-order valence-electron chi connectivity index (χ3n) is 3.05. The summed E-state index contributed by atoms with van der Waals surface area (Å²) in [5.74, 6) is 0. The maximum absolute atomic E-state index is 2.60. The van der Waals surface area contributed by atoms with Gasteiger partial charge in [0.1, 0.15) is 0 Å². The summed E-state index contributed by atoms with van der Waals surface area (Å²) >= 11 is 0. The minimum Gasteiger partial charge on any atom is -0.298 e. The Morgan fingerprint density at radius 3 is 2.25 bits per heavy atom. The summed E-state index contributed by atoms with van der Waals surface area (Å²) < 4.78 is 0. The normalized spacial score (nSPS) is 29.2. The van der Waals surface area contributed by atoms with E-state index in [-0.39, 0.29) is 23.3 Å². The average Bonchev–Trinajstić information content (AvgIpc) is 2.32. The van der Waals surface area contributed by atoms with Crippen molar-refractivity contribution < 1.29 is 23.3 Å². The summed E-state index contributed by atoms with van der Waals surface area (Å²) in [4.78, 5) is 2.60. The van der Waals surface area contributed by atoms with E-state index in [1.807, 2.05) is 0 Å². The van der Waals surface area contributed by atoms with Gasteiger partial charge >= 0.3 is 0 Å². The molecule has 73 valence electrons. The summed E-state index contributed by atoms with van der Waals surface area (Å²) in [5.41, 5.74) is 0.536. The first-order valence-electron chi connectivity index (χ1n) is 4.48. The van der Waals surface area contributed by atoms with Crippen LogP contribution in [0.3, 0.4) is 0 Å². The van der Waals surface area contributed by atoms with Crippen LogP contribution in [0.15, 0.2) is 0 Å². The van der Waals surface area contributed by atoms with Gasteiger partial charge in [-0.05, 0) is 39.3 Å². The first-order chi connectivity index (χ1) is 4.73.